The number of halogens is 2. The van der Waals surface area contributed by atoms with Gasteiger partial charge < -0.3 is 30.0 Å². The van der Waals surface area contributed by atoms with Crippen molar-refractivity contribution >= 4 is 52.4 Å². The fourth-order valence-electron chi connectivity index (χ4n) is 9.18. The van der Waals surface area contributed by atoms with Crippen LogP contribution in [0.25, 0.3) is 11.1 Å². The maximum Gasteiger partial charge on any atom is 0.306 e. The lowest BCUT2D eigenvalue weighted by atomic mass is 9.79. The van der Waals surface area contributed by atoms with Gasteiger partial charge in [0.1, 0.15) is 0 Å². The summed E-state index contributed by atoms with van der Waals surface area (Å²) >= 11 is 13.9. The van der Waals surface area contributed by atoms with E-state index < -0.39 is 5.97 Å². The fourth-order valence-corrected chi connectivity index (χ4v) is 9.73. The number of amides is 2. The van der Waals surface area contributed by atoms with Gasteiger partial charge in [-0.05, 0) is 75.3 Å². The lowest BCUT2D eigenvalue weighted by Gasteiger charge is -2.27. The summed E-state index contributed by atoms with van der Waals surface area (Å²) in [6.07, 6.45) is 12.9. The number of carboxylic acid groups (broad SMARTS) is 1. The summed E-state index contributed by atoms with van der Waals surface area (Å²) in [6, 6.07) is 10.7. The molecule has 1 aliphatic heterocycles. The minimum absolute atomic E-state index is 0.0696. The van der Waals surface area contributed by atoms with Crippen LogP contribution in [0, 0.1) is 17.8 Å². The predicted molar refractivity (Wildman–Crippen MR) is 222 cm³/mol. The minimum Gasteiger partial charge on any atom is -0.481 e. The number of hydrogen-bond acceptors (Lipinski definition) is 7. The third kappa shape index (κ3) is 9.09. The van der Waals surface area contributed by atoms with Gasteiger partial charge in [0, 0.05) is 62.7 Å². The first kappa shape index (κ1) is 40.9. The minimum atomic E-state index is -0.641. The van der Waals surface area contributed by atoms with Gasteiger partial charge in [0.05, 0.1) is 45.3 Å². The third-order valence-electron chi connectivity index (χ3n) is 12.5. The van der Waals surface area contributed by atoms with E-state index in [1.54, 1.807) is 24.3 Å². The highest BCUT2D eigenvalue weighted by Gasteiger charge is 2.29. The summed E-state index contributed by atoms with van der Waals surface area (Å²) < 4.78 is 3.75. The number of hydrogen-bond donors (Lipinski definition) is 4. The van der Waals surface area contributed by atoms with Crippen LogP contribution in [-0.4, -0.2) is 71.7 Å². The van der Waals surface area contributed by atoms with Crippen LogP contribution in [0.1, 0.15) is 108 Å². The van der Waals surface area contributed by atoms with E-state index >= 15 is 0 Å². The maximum absolute atomic E-state index is 13.8. The number of imidazole rings is 2. The van der Waals surface area contributed by atoms with Gasteiger partial charge in [0.15, 0.2) is 11.6 Å². The van der Waals surface area contributed by atoms with Crippen molar-refractivity contribution in [3.8, 4) is 11.1 Å². The molecule has 4 aromatic rings. The molecule has 0 radical (unpaired) electrons. The molecule has 1 atom stereocenters. The summed E-state index contributed by atoms with van der Waals surface area (Å²) in [4.78, 5) is 50.2. The Morgan fingerprint density at radius 1 is 0.754 bits per heavy atom. The smallest absolute Gasteiger partial charge is 0.306 e. The van der Waals surface area contributed by atoms with Crippen molar-refractivity contribution in [1.82, 2.24) is 24.0 Å². The van der Waals surface area contributed by atoms with E-state index in [2.05, 4.69) is 20.5 Å². The maximum atomic E-state index is 13.8. The number of carbonyl (C=O) groups excluding carboxylic acids is 2. The standard InChI is InChI=1S/C43H53Cl2N7O5/c1-50-35-20-17-26(7-3-8-27-15-18-28(19-16-27)43(56)57)9-4-12-31(35)46-39(50)41(54)48-32-13-5-10-29(37(32)44)30-11-6-14-33(38(30)45)49-42(55)40-47-34-25-52(23-24-53)22-21-36(34)51(40)2/h5-6,10-11,13-14,26-28,53H,3-4,7-9,12,15-25H2,1-2H3,(H,48,54)(H,49,55)(H,56,57). The summed E-state index contributed by atoms with van der Waals surface area (Å²) in [7, 11) is 3.75. The van der Waals surface area contributed by atoms with Crippen LogP contribution < -0.4 is 10.6 Å². The largest absolute Gasteiger partial charge is 0.481 e. The summed E-state index contributed by atoms with van der Waals surface area (Å²) in [5.74, 6) is 0.371. The average Bonchev–Trinajstić information content (AvgIpc) is 3.68. The number of rotatable bonds is 12. The molecular weight excluding hydrogens is 765 g/mol. The molecule has 0 bridgehead atoms. The number of benzene rings is 2. The van der Waals surface area contributed by atoms with Gasteiger partial charge in [0.2, 0.25) is 0 Å². The van der Waals surface area contributed by atoms with E-state index in [0.717, 1.165) is 93.5 Å². The number of nitrogens with one attached hydrogen (secondary N) is 2. The molecule has 2 aliphatic carbocycles. The van der Waals surface area contributed by atoms with Gasteiger partial charge in [0.25, 0.3) is 11.8 Å². The number of nitrogens with zero attached hydrogens (tertiary/aromatic N) is 5. The van der Waals surface area contributed by atoms with Crippen LogP contribution in [0.5, 0.6) is 0 Å². The number of aromatic nitrogens is 4. The molecule has 304 valence electrons. The molecule has 0 saturated heterocycles. The van der Waals surface area contributed by atoms with Gasteiger partial charge in [-0.15, -0.1) is 0 Å². The second-order valence-corrected chi connectivity index (χ2v) is 16.8. The first-order valence-corrected chi connectivity index (χ1v) is 21.1. The Morgan fingerprint density at radius 3 is 1.89 bits per heavy atom. The van der Waals surface area contributed by atoms with E-state index in [-0.39, 0.29) is 30.2 Å². The van der Waals surface area contributed by atoms with Crippen molar-refractivity contribution in [3.05, 3.63) is 80.9 Å². The molecule has 1 unspecified atom stereocenters. The topological polar surface area (TPSA) is 155 Å². The lowest BCUT2D eigenvalue weighted by molar-refractivity contribution is -0.143. The molecule has 3 aliphatic rings. The summed E-state index contributed by atoms with van der Waals surface area (Å²) in [5.41, 5.74) is 5.93. The fraction of sp³-hybridized carbons (Fsp3) is 0.512. The molecule has 1 fully saturated rings. The SMILES string of the molecule is Cn1c(C(=O)Nc2cccc(-c3cccc(NC(=O)c4nc5c(n4C)CCN(CCO)C5)c3Cl)c2Cl)nc2c1CCC(CCCC1CCC(C(=O)O)CC1)CCC2. The second kappa shape index (κ2) is 18.1. The second-order valence-electron chi connectivity index (χ2n) is 16.1. The normalized spacial score (nSPS) is 19.9. The number of fused-ring (bicyclic) bond motifs is 2. The molecule has 2 amide bonds. The van der Waals surface area contributed by atoms with Crippen molar-refractivity contribution in [1.29, 1.82) is 0 Å². The first-order valence-electron chi connectivity index (χ1n) is 20.4. The van der Waals surface area contributed by atoms with Crippen LogP contribution in [0.3, 0.4) is 0 Å². The molecule has 57 heavy (non-hydrogen) atoms. The summed E-state index contributed by atoms with van der Waals surface area (Å²) in [6.45, 7) is 1.99. The van der Waals surface area contributed by atoms with Gasteiger partial charge in [-0.1, -0.05) is 73.2 Å². The quantitative estimate of drug-likeness (QED) is 0.112. The molecular formula is C43H53Cl2N7O5. The zero-order valence-electron chi connectivity index (χ0n) is 32.8. The van der Waals surface area contributed by atoms with E-state index in [0.29, 0.717) is 63.3 Å². The van der Waals surface area contributed by atoms with Gasteiger partial charge >= 0.3 is 5.97 Å². The average molecular weight is 819 g/mol. The number of β-amino-alcohol motifs (C(OH)–C–C–N with tert-alkyl or cyclic N) is 1. The number of aliphatic hydroxyl groups excluding tert-OH is 1. The number of anilines is 2. The van der Waals surface area contributed by atoms with Crippen LogP contribution in [-0.2, 0) is 44.7 Å². The van der Waals surface area contributed by atoms with Crippen molar-refractivity contribution in [2.45, 2.75) is 90.0 Å². The van der Waals surface area contributed by atoms with Crippen molar-refractivity contribution in [2.75, 3.05) is 30.3 Å². The Hall–Kier alpha value is -4.23. The zero-order valence-corrected chi connectivity index (χ0v) is 34.3. The molecule has 12 nitrogen and oxygen atoms in total. The number of carbonyl (C=O) groups is 3. The van der Waals surface area contributed by atoms with Gasteiger partial charge in [-0.25, -0.2) is 9.97 Å². The monoisotopic (exact) mass is 817 g/mol. The van der Waals surface area contributed by atoms with Crippen molar-refractivity contribution < 1.29 is 24.6 Å². The number of aliphatic hydroxyl groups is 1. The van der Waals surface area contributed by atoms with Crippen molar-refractivity contribution in [3.63, 3.8) is 0 Å². The highest BCUT2D eigenvalue weighted by Crippen LogP contribution is 2.41. The predicted octanol–water partition coefficient (Wildman–Crippen LogP) is 7.93. The highest BCUT2D eigenvalue weighted by atomic mass is 35.5. The summed E-state index contributed by atoms with van der Waals surface area (Å²) in [5, 5.41) is 25.2. The van der Waals surface area contributed by atoms with Crippen LogP contribution >= 0.6 is 23.2 Å². The Labute approximate surface area is 344 Å². The van der Waals surface area contributed by atoms with E-state index in [9.17, 15) is 24.6 Å². The van der Waals surface area contributed by atoms with Crippen LogP contribution in [0.15, 0.2) is 36.4 Å². The molecule has 7 rings (SSSR count). The lowest BCUT2D eigenvalue weighted by Crippen LogP contribution is -2.33. The number of aliphatic carboxylic acids is 1. The van der Waals surface area contributed by atoms with E-state index in [4.69, 9.17) is 28.2 Å². The number of carboxylic acids is 1. The van der Waals surface area contributed by atoms with Crippen LogP contribution in [0.4, 0.5) is 11.4 Å². The molecule has 0 spiro atoms. The Balaban J connectivity index is 0.988. The van der Waals surface area contributed by atoms with E-state index in [1.165, 1.54) is 19.3 Å². The zero-order chi connectivity index (χ0) is 40.2. The molecule has 1 saturated carbocycles. The molecule has 2 aromatic carbocycles. The Kier molecular flexibility index (Phi) is 13.0. The molecule has 3 heterocycles. The molecule has 4 N–H and O–H groups in total. The number of aryl methyl sites for hydroxylation is 1. The highest BCUT2D eigenvalue weighted by molar-refractivity contribution is 6.40. The van der Waals surface area contributed by atoms with Crippen molar-refractivity contribution in [2.24, 2.45) is 31.8 Å². The van der Waals surface area contributed by atoms with E-state index in [1.807, 2.05) is 35.4 Å². The Bertz CT molecular complexity index is 2120. The van der Waals surface area contributed by atoms with Gasteiger partial charge in [-0.2, -0.15) is 0 Å². The molecule has 14 heteroatoms. The van der Waals surface area contributed by atoms with Gasteiger partial charge in [-0.3, -0.25) is 19.3 Å². The molecule has 2 aromatic heterocycles. The third-order valence-corrected chi connectivity index (χ3v) is 13.3. The first-order chi connectivity index (χ1) is 27.5. The van der Waals surface area contributed by atoms with Crippen LogP contribution in [0.2, 0.25) is 10.0 Å². The Morgan fingerprint density at radius 2 is 1.32 bits per heavy atom.